The van der Waals surface area contributed by atoms with E-state index in [1.54, 1.807) is 0 Å². The molecule has 0 fully saturated rings. The van der Waals surface area contributed by atoms with Crippen LogP contribution in [0.25, 0.3) is 127 Å². The molecule has 0 aromatic heterocycles. The Morgan fingerprint density at radius 3 is 1.30 bits per heavy atom. The molecule has 14 aromatic rings. The molecule has 0 heterocycles. The summed E-state index contributed by atoms with van der Waals surface area (Å²) < 4.78 is 0. The van der Waals surface area contributed by atoms with Gasteiger partial charge >= 0.3 is 0 Å². The predicted molar refractivity (Wildman–Crippen MR) is 388 cm³/mol. The van der Waals surface area contributed by atoms with E-state index in [4.69, 9.17) is 0 Å². The number of hydrogen-bond acceptors (Lipinski definition) is 2. The van der Waals surface area contributed by atoms with Gasteiger partial charge < -0.3 is 9.80 Å². The normalized spacial score (nSPS) is 14.1. The number of hydrogen-bond donors (Lipinski definition) is 0. The van der Waals surface area contributed by atoms with E-state index in [0.29, 0.717) is 6.54 Å². The number of fused-ring (bicyclic) bond motifs is 12. The standard InChI is InChI=1S/C89H64N2/c1-6-80-64(65-32-17-19-39-81(65)88(80,2)3)38-23-51-90(55-24-9-7-10-25-55)57-41-45-76-78(52-57)86(74-49-47-72-62-30-15-13-28-60(62)68-34-21-36-70(74)84(68)72)77-46-43-58(53-79(77)87(76)75-50-48-73-63-31-16-14-29-61(63)69-35-22-37-71(75)85(69)73)91(56-26-11-8-12-27-56)59-42-44-67-66-33-18-20-40-82(66)89(4,5)83(67)54-59/h6-50,52-54H,1,51H2,2-5H3. The summed E-state index contributed by atoms with van der Waals surface area (Å²) in [6.45, 7) is 14.4. The van der Waals surface area contributed by atoms with Gasteiger partial charge in [0, 0.05) is 45.8 Å². The highest BCUT2D eigenvalue weighted by Crippen LogP contribution is 2.57. The Morgan fingerprint density at radius 2 is 0.725 bits per heavy atom. The largest absolute Gasteiger partial charge is 0.338 e. The van der Waals surface area contributed by atoms with Crippen LogP contribution in [0.4, 0.5) is 28.4 Å². The Kier molecular flexibility index (Phi) is 11.6. The van der Waals surface area contributed by atoms with Gasteiger partial charge in [0.1, 0.15) is 0 Å². The minimum atomic E-state index is -0.178. The highest BCUT2D eigenvalue weighted by Gasteiger charge is 2.37. The molecule has 2 heteroatoms. The minimum absolute atomic E-state index is 0.153. The average Bonchev–Trinajstić information content (AvgIpc) is 1.67. The Hall–Kier alpha value is -11.1. The molecule has 0 saturated carbocycles. The Balaban J connectivity index is 0.929. The lowest BCUT2D eigenvalue weighted by molar-refractivity contribution is 0.654. The number of benzene rings is 14. The Bertz CT molecular complexity index is 5460. The number of allylic oxidation sites excluding steroid dienone is 4. The van der Waals surface area contributed by atoms with Crippen molar-refractivity contribution in [3.8, 4) is 77.9 Å². The van der Waals surface area contributed by atoms with E-state index in [-0.39, 0.29) is 10.8 Å². The van der Waals surface area contributed by atoms with Gasteiger partial charge in [0.2, 0.25) is 0 Å². The Morgan fingerprint density at radius 1 is 0.308 bits per heavy atom. The van der Waals surface area contributed by atoms with E-state index in [2.05, 4.69) is 335 Å². The van der Waals surface area contributed by atoms with Crippen molar-refractivity contribution in [1.29, 1.82) is 0 Å². The van der Waals surface area contributed by atoms with Gasteiger partial charge in [-0.3, -0.25) is 0 Å². The minimum Gasteiger partial charge on any atom is -0.338 e. The molecule has 0 radical (unpaired) electrons. The van der Waals surface area contributed by atoms with Crippen molar-refractivity contribution in [2.45, 2.75) is 38.5 Å². The summed E-state index contributed by atoms with van der Waals surface area (Å²) >= 11 is 0. The van der Waals surface area contributed by atoms with Gasteiger partial charge in [-0.05, 0) is 215 Å². The van der Waals surface area contributed by atoms with Gasteiger partial charge in [-0.15, -0.1) is 0 Å². The second-order valence-corrected chi connectivity index (χ2v) is 26.2. The molecule has 4 aliphatic rings. The fourth-order valence-corrected chi connectivity index (χ4v) is 16.7. The molecule has 91 heavy (non-hydrogen) atoms. The first kappa shape index (κ1) is 53.0. The van der Waals surface area contributed by atoms with Crippen LogP contribution in [-0.2, 0) is 10.8 Å². The second-order valence-electron chi connectivity index (χ2n) is 26.2. The van der Waals surface area contributed by atoms with Gasteiger partial charge in [-0.1, -0.05) is 265 Å². The summed E-state index contributed by atoms with van der Waals surface area (Å²) in [5.41, 5.74) is 30.8. The maximum atomic E-state index is 4.36. The summed E-state index contributed by atoms with van der Waals surface area (Å²) in [5.74, 6) is 0. The lowest BCUT2D eigenvalue weighted by Crippen LogP contribution is -2.17. The molecular formula is C89H64N2. The average molecular weight is 1160 g/mol. The first-order valence-corrected chi connectivity index (χ1v) is 32.1. The summed E-state index contributed by atoms with van der Waals surface area (Å²) in [5, 5.41) is 9.91. The van der Waals surface area contributed by atoms with Gasteiger partial charge in [-0.25, -0.2) is 0 Å². The van der Waals surface area contributed by atoms with E-state index in [9.17, 15) is 0 Å². The number of para-hydroxylation sites is 2. The maximum absolute atomic E-state index is 4.36. The highest BCUT2D eigenvalue weighted by atomic mass is 15.1. The molecule has 0 saturated heterocycles. The number of anilines is 5. The van der Waals surface area contributed by atoms with Crippen LogP contribution in [0.1, 0.15) is 49.9 Å². The van der Waals surface area contributed by atoms with E-state index >= 15 is 0 Å². The molecule has 0 spiro atoms. The molecule has 0 aliphatic heterocycles. The highest BCUT2D eigenvalue weighted by molar-refractivity contribution is 6.30. The molecule has 0 unspecified atom stereocenters. The Labute approximate surface area is 532 Å². The van der Waals surface area contributed by atoms with Crippen molar-refractivity contribution in [3.05, 3.63) is 326 Å². The number of nitrogens with zero attached hydrogens (tertiary/aromatic N) is 2. The zero-order valence-corrected chi connectivity index (χ0v) is 51.5. The molecule has 0 N–H and O–H groups in total. The van der Waals surface area contributed by atoms with Gasteiger partial charge in [0.15, 0.2) is 0 Å². The van der Waals surface area contributed by atoms with Crippen molar-refractivity contribution >= 4 is 77.1 Å². The van der Waals surface area contributed by atoms with Gasteiger partial charge in [0.25, 0.3) is 0 Å². The van der Waals surface area contributed by atoms with Crippen molar-refractivity contribution in [1.82, 2.24) is 0 Å². The molecule has 0 amide bonds. The first-order chi connectivity index (χ1) is 44.7. The van der Waals surface area contributed by atoms with E-state index in [1.165, 1.54) is 154 Å². The van der Waals surface area contributed by atoms with Crippen LogP contribution in [0.3, 0.4) is 0 Å². The summed E-state index contributed by atoms with van der Waals surface area (Å²) in [6.07, 6.45) is 6.76. The monoisotopic (exact) mass is 1160 g/mol. The molecule has 0 atom stereocenters. The van der Waals surface area contributed by atoms with Gasteiger partial charge in [0.05, 0.1) is 0 Å². The molecule has 430 valence electrons. The van der Waals surface area contributed by atoms with Gasteiger partial charge in [-0.2, -0.15) is 0 Å². The third kappa shape index (κ3) is 7.73. The summed E-state index contributed by atoms with van der Waals surface area (Å²) in [4.78, 5) is 4.97. The van der Waals surface area contributed by atoms with Crippen LogP contribution in [-0.4, -0.2) is 6.54 Å². The number of rotatable bonds is 11. The first-order valence-electron chi connectivity index (χ1n) is 32.1. The molecule has 18 rings (SSSR count). The summed E-state index contributed by atoms with van der Waals surface area (Å²) in [6, 6.07) is 103. The van der Waals surface area contributed by atoms with Crippen LogP contribution >= 0.6 is 0 Å². The summed E-state index contributed by atoms with van der Waals surface area (Å²) in [7, 11) is 0. The van der Waals surface area contributed by atoms with E-state index in [1.807, 2.05) is 0 Å². The second kappa shape index (κ2) is 20.0. The fraction of sp³-hybridized carbons (Fsp3) is 0.0787. The van der Waals surface area contributed by atoms with Crippen LogP contribution in [0.2, 0.25) is 0 Å². The third-order valence-electron chi connectivity index (χ3n) is 20.8. The van der Waals surface area contributed by atoms with Crippen molar-refractivity contribution in [3.63, 3.8) is 0 Å². The van der Waals surface area contributed by atoms with Crippen LogP contribution in [0.15, 0.2) is 303 Å². The molecule has 4 aliphatic carbocycles. The van der Waals surface area contributed by atoms with Crippen LogP contribution in [0, 0.1) is 0 Å². The molecule has 0 bridgehead atoms. The van der Waals surface area contributed by atoms with E-state index in [0.717, 1.165) is 28.4 Å². The van der Waals surface area contributed by atoms with E-state index < -0.39 is 0 Å². The zero-order valence-electron chi connectivity index (χ0n) is 51.5. The quantitative estimate of drug-likeness (QED) is 0.119. The SMILES string of the molecule is C=CC1=C(C=CCN(c2ccccc2)c2ccc3c(-c4ccc5c6c(cccc46)-c4ccccc4-5)c4cc(N(c5ccccc5)c5ccc6c(c5)C(C)(C)c5ccccc5-6)ccc4c(-c4ccc5c6c(cccc46)-c4ccccc4-5)c3c2)c2ccccc2C1(C)C. The zero-order chi connectivity index (χ0) is 60.9. The topological polar surface area (TPSA) is 6.48 Å². The van der Waals surface area contributed by atoms with Crippen molar-refractivity contribution in [2.75, 3.05) is 16.3 Å². The lowest BCUT2D eigenvalue weighted by atomic mass is 9.81. The van der Waals surface area contributed by atoms with Crippen LogP contribution in [0.5, 0.6) is 0 Å². The molecule has 2 nitrogen and oxygen atoms in total. The smallest absolute Gasteiger partial charge is 0.0468 e. The molecular weight excluding hydrogens is 1100 g/mol. The predicted octanol–water partition coefficient (Wildman–Crippen LogP) is 24.3. The van der Waals surface area contributed by atoms with Crippen molar-refractivity contribution < 1.29 is 0 Å². The molecule has 14 aromatic carbocycles. The van der Waals surface area contributed by atoms with Crippen LogP contribution < -0.4 is 9.80 Å². The van der Waals surface area contributed by atoms with Crippen molar-refractivity contribution in [2.24, 2.45) is 0 Å². The maximum Gasteiger partial charge on any atom is 0.0468 e. The fourth-order valence-electron chi connectivity index (χ4n) is 16.7. The lowest BCUT2D eigenvalue weighted by Gasteiger charge is -2.29. The third-order valence-corrected chi connectivity index (χ3v) is 20.8.